The lowest BCUT2D eigenvalue weighted by molar-refractivity contribution is -0.137. The van der Waals surface area contributed by atoms with Gasteiger partial charge in [0.15, 0.2) is 0 Å². The Labute approximate surface area is 181 Å². The maximum absolute atomic E-state index is 13.0. The predicted octanol–water partition coefficient (Wildman–Crippen LogP) is 5.13. The predicted molar refractivity (Wildman–Crippen MR) is 115 cm³/mol. The summed E-state index contributed by atoms with van der Waals surface area (Å²) in [5.74, 6) is 0. The van der Waals surface area contributed by atoms with Crippen LogP contribution in [0.15, 0.2) is 73.1 Å². The number of rotatable bonds is 4. The normalized spacial score (nSPS) is 13.9. The van der Waals surface area contributed by atoms with Gasteiger partial charge in [-0.1, -0.05) is 54.1 Å². The molecular formula is C23H18ClF3N4. The highest BCUT2D eigenvalue weighted by Crippen LogP contribution is 2.37. The van der Waals surface area contributed by atoms with E-state index in [1.165, 1.54) is 18.5 Å². The summed E-state index contributed by atoms with van der Waals surface area (Å²) in [6.07, 6.45) is -3.22. The molecule has 4 nitrogen and oxygen atoms in total. The second kappa shape index (κ2) is 7.92. The van der Waals surface area contributed by atoms with Crippen LogP contribution in [0.5, 0.6) is 0 Å². The number of alkyl halides is 3. The van der Waals surface area contributed by atoms with E-state index in [-0.39, 0.29) is 6.54 Å². The number of fused-ring (bicyclic) bond motifs is 1. The van der Waals surface area contributed by atoms with Gasteiger partial charge >= 0.3 is 6.18 Å². The number of nitrogens with two attached hydrogens (primary N) is 2. The molecule has 1 aromatic heterocycles. The van der Waals surface area contributed by atoms with Crippen molar-refractivity contribution in [3.63, 3.8) is 0 Å². The number of halogens is 4. The van der Waals surface area contributed by atoms with Crippen molar-refractivity contribution in [3.05, 3.63) is 94.9 Å². The Balaban J connectivity index is 1.77. The molecule has 158 valence electrons. The minimum absolute atomic E-state index is 0.0650. The summed E-state index contributed by atoms with van der Waals surface area (Å²) in [7, 11) is 0. The number of hydrogen-bond acceptors (Lipinski definition) is 4. The highest BCUT2D eigenvalue weighted by atomic mass is 35.5. The lowest BCUT2D eigenvalue weighted by atomic mass is 9.85. The van der Waals surface area contributed by atoms with Gasteiger partial charge in [0, 0.05) is 12.1 Å². The van der Waals surface area contributed by atoms with Gasteiger partial charge in [-0.15, -0.1) is 0 Å². The lowest BCUT2D eigenvalue weighted by Gasteiger charge is -2.28. The Morgan fingerprint density at radius 3 is 2.29 bits per heavy atom. The molecule has 4 aromatic rings. The van der Waals surface area contributed by atoms with E-state index in [4.69, 9.17) is 23.1 Å². The van der Waals surface area contributed by atoms with Gasteiger partial charge in [-0.3, -0.25) is 0 Å². The first-order valence-electron chi connectivity index (χ1n) is 9.40. The molecule has 0 spiro atoms. The molecule has 1 atom stereocenters. The van der Waals surface area contributed by atoms with Crippen LogP contribution in [0, 0.1) is 0 Å². The van der Waals surface area contributed by atoms with Gasteiger partial charge in [0.2, 0.25) is 0 Å². The number of benzene rings is 3. The SMILES string of the molecule is NCC(N)(c1ccc2ccccc2c1)c1cc(-c2ccc(C(F)(F)F)c(Cl)c2)ncn1. The fourth-order valence-electron chi connectivity index (χ4n) is 3.50. The second-order valence-corrected chi connectivity index (χ2v) is 7.63. The quantitative estimate of drug-likeness (QED) is 0.459. The molecule has 0 bridgehead atoms. The molecular weight excluding hydrogens is 425 g/mol. The molecule has 0 aliphatic heterocycles. The Morgan fingerprint density at radius 1 is 0.871 bits per heavy atom. The van der Waals surface area contributed by atoms with Gasteiger partial charge in [-0.25, -0.2) is 9.97 Å². The van der Waals surface area contributed by atoms with Crippen LogP contribution >= 0.6 is 11.6 Å². The minimum atomic E-state index is -4.53. The van der Waals surface area contributed by atoms with Gasteiger partial charge in [-0.05, 0) is 40.6 Å². The summed E-state index contributed by atoms with van der Waals surface area (Å²) >= 11 is 5.86. The molecule has 31 heavy (non-hydrogen) atoms. The summed E-state index contributed by atoms with van der Waals surface area (Å²) in [6.45, 7) is 0.0650. The highest BCUT2D eigenvalue weighted by molar-refractivity contribution is 6.31. The zero-order chi connectivity index (χ0) is 22.2. The van der Waals surface area contributed by atoms with Crippen molar-refractivity contribution in [2.75, 3.05) is 6.54 Å². The van der Waals surface area contributed by atoms with E-state index < -0.39 is 22.3 Å². The third kappa shape index (κ3) is 3.99. The summed E-state index contributed by atoms with van der Waals surface area (Å²) < 4.78 is 39.0. The van der Waals surface area contributed by atoms with Crippen LogP contribution < -0.4 is 11.5 Å². The van der Waals surface area contributed by atoms with Crippen molar-refractivity contribution in [1.29, 1.82) is 0 Å². The summed E-state index contributed by atoms with van der Waals surface area (Å²) in [5.41, 5.74) is 12.8. The van der Waals surface area contributed by atoms with Gasteiger partial charge in [-0.2, -0.15) is 13.2 Å². The molecule has 0 saturated carbocycles. The molecule has 0 aliphatic carbocycles. The average molecular weight is 443 g/mol. The van der Waals surface area contributed by atoms with Crippen molar-refractivity contribution >= 4 is 22.4 Å². The molecule has 4 rings (SSSR count). The first kappa shape index (κ1) is 21.2. The molecule has 0 radical (unpaired) electrons. The first-order valence-corrected chi connectivity index (χ1v) is 9.78. The van der Waals surface area contributed by atoms with Gasteiger partial charge in [0.05, 0.1) is 27.5 Å². The Bertz CT molecular complexity index is 1260. The zero-order valence-corrected chi connectivity index (χ0v) is 17.0. The van der Waals surface area contributed by atoms with Crippen molar-refractivity contribution in [1.82, 2.24) is 9.97 Å². The molecule has 4 N–H and O–H groups in total. The van der Waals surface area contributed by atoms with Gasteiger partial charge in [0.1, 0.15) is 6.33 Å². The smallest absolute Gasteiger partial charge is 0.328 e. The minimum Gasteiger partial charge on any atom is -0.328 e. The summed E-state index contributed by atoms with van der Waals surface area (Å²) in [6, 6.07) is 18.8. The third-order valence-corrected chi connectivity index (χ3v) is 5.59. The Kier molecular flexibility index (Phi) is 5.43. The van der Waals surface area contributed by atoms with E-state index in [0.29, 0.717) is 17.0 Å². The first-order chi connectivity index (χ1) is 14.7. The van der Waals surface area contributed by atoms with Crippen LogP contribution in [0.3, 0.4) is 0 Å². The van der Waals surface area contributed by atoms with Gasteiger partial charge < -0.3 is 11.5 Å². The summed E-state index contributed by atoms with van der Waals surface area (Å²) in [4.78, 5) is 8.50. The maximum atomic E-state index is 13.0. The van der Waals surface area contributed by atoms with E-state index in [0.717, 1.165) is 22.4 Å². The van der Waals surface area contributed by atoms with Gasteiger partial charge in [0.25, 0.3) is 0 Å². The highest BCUT2D eigenvalue weighted by Gasteiger charge is 2.34. The number of nitrogens with zero attached hydrogens (tertiary/aromatic N) is 2. The van der Waals surface area contributed by atoms with Crippen molar-refractivity contribution in [2.24, 2.45) is 11.5 Å². The molecule has 1 heterocycles. The fourth-order valence-corrected chi connectivity index (χ4v) is 3.79. The topological polar surface area (TPSA) is 77.8 Å². The standard InChI is InChI=1S/C23H18ClF3N4/c24-19-10-16(6-8-18(19)23(25,26)27)20-11-21(31-13-30-20)22(29,12-28)17-7-5-14-3-1-2-4-15(14)9-17/h1-11,13H,12,28-29H2. The number of aromatic nitrogens is 2. The zero-order valence-electron chi connectivity index (χ0n) is 16.2. The van der Waals surface area contributed by atoms with E-state index in [1.54, 1.807) is 6.07 Å². The third-order valence-electron chi connectivity index (χ3n) is 5.28. The fraction of sp³-hybridized carbons (Fsp3) is 0.130. The van der Waals surface area contributed by atoms with Crippen LogP contribution in [0.1, 0.15) is 16.8 Å². The second-order valence-electron chi connectivity index (χ2n) is 7.22. The molecule has 0 aliphatic rings. The van der Waals surface area contributed by atoms with Crippen LogP contribution in [0.2, 0.25) is 5.02 Å². The van der Waals surface area contributed by atoms with Crippen LogP contribution in [-0.2, 0) is 11.7 Å². The van der Waals surface area contributed by atoms with Crippen LogP contribution in [0.25, 0.3) is 22.0 Å². The van der Waals surface area contributed by atoms with E-state index in [1.807, 2.05) is 42.5 Å². The van der Waals surface area contributed by atoms with Crippen LogP contribution in [-0.4, -0.2) is 16.5 Å². The van der Waals surface area contributed by atoms with Crippen LogP contribution in [0.4, 0.5) is 13.2 Å². The lowest BCUT2D eigenvalue weighted by Crippen LogP contribution is -2.45. The largest absolute Gasteiger partial charge is 0.417 e. The van der Waals surface area contributed by atoms with E-state index in [2.05, 4.69) is 9.97 Å². The average Bonchev–Trinajstić information content (AvgIpc) is 2.77. The van der Waals surface area contributed by atoms with E-state index in [9.17, 15) is 13.2 Å². The van der Waals surface area contributed by atoms with E-state index >= 15 is 0 Å². The Morgan fingerprint density at radius 2 is 1.61 bits per heavy atom. The van der Waals surface area contributed by atoms with Crippen molar-refractivity contribution < 1.29 is 13.2 Å². The van der Waals surface area contributed by atoms with Crippen molar-refractivity contribution in [3.8, 4) is 11.3 Å². The molecule has 0 fully saturated rings. The Hall–Kier alpha value is -3.00. The maximum Gasteiger partial charge on any atom is 0.417 e. The molecule has 3 aromatic carbocycles. The molecule has 0 saturated heterocycles. The molecule has 8 heteroatoms. The summed E-state index contributed by atoms with van der Waals surface area (Å²) in [5, 5.41) is 1.66. The molecule has 1 unspecified atom stereocenters. The molecule has 0 amide bonds. The monoisotopic (exact) mass is 442 g/mol. The van der Waals surface area contributed by atoms with Crippen molar-refractivity contribution in [2.45, 2.75) is 11.7 Å². The number of hydrogen-bond donors (Lipinski definition) is 2.